The minimum Gasteiger partial charge on any atom is -0.481 e. The lowest BCUT2D eigenvalue weighted by Gasteiger charge is -2.47. The molecule has 2 unspecified atom stereocenters. The number of aromatic nitrogens is 5. The SMILES string of the molecule is O=C(O)C1C2CCC(CC2)C1Nc1nc(-c2nn(C(c3ccccc3)(c3ccccc3)c3ccccc3)c3ncc(F)cc23)nc(-c2ccccc2)c1F. The summed E-state index contributed by atoms with van der Waals surface area (Å²) in [5, 5.41) is 19.2. The van der Waals surface area contributed by atoms with Gasteiger partial charge in [-0.1, -0.05) is 121 Å². The third kappa shape index (κ3) is 5.52. The minimum absolute atomic E-state index is 0.00117. The first-order chi connectivity index (χ1) is 26.4. The molecule has 2 bridgehead atoms. The molecular formula is C44H36F2N6O2. The van der Waals surface area contributed by atoms with Gasteiger partial charge in [-0.2, -0.15) is 5.10 Å². The Morgan fingerprint density at radius 1 is 0.722 bits per heavy atom. The lowest BCUT2D eigenvalue weighted by molar-refractivity contribution is -0.148. The van der Waals surface area contributed by atoms with Crippen LogP contribution in [0, 0.1) is 29.4 Å². The van der Waals surface area contributed by atoms with Crippen molar-refractivity contribution in [3.8, 4) is 22.8 Å². The molecule has 2 N–H and O–H groups in total. The Morgan fingerprint density at radius 3 is 1.81 bits per heavy atom. The molecule has 0 saturated heterocycles. The van der Waals surface area contributed by atoms with Gasteiger partial charge in [-0.15, -0.1) is 0 Å². The molecule has 10 heteroatoms. The third-order valence-electron chi connectivity index (χ3n) is 11.3. The first-order valence-corrected chi connectivity index (χ1v) is 18.3. The average molecular weight is 719 g/mol. The van der Waals surface area contributed by atoms with Crippen LogP contribution in [0.4, 0.5) is 14.6 Å². The molecule has 3 saturated carbocycles. The molecule has 0 radical (unpaired) electrons. The molecular weight excluding hydrogens is 683 g/mol. The van der Waals surface area contributed by atoms with E-state index in [0.29, 0.717) is 16.6 Å². The van der Waals surface area contributed by atoms with Crippen LogP contribution in [-0.2, 0) is 10.3 Å². The molecule has 268 valence electrons. The normalized spacial score (nSPS) is 19.5. The second kappa shape index (κ2) is 13.6. The maximum Gasteiger partial charge on any atom is 0.308 e. The van der Waals surface area contributed by atoms with E-state index >= 15 is 8.78 Å². The van der Waals surface area contributed by atoms with Gasteiger partial charge in [-0.05, 0) is 60.3 Å². The summed E-state index contributed by atoms with van der Waals surface area (Å²) in [5.74, 6) is -2.88. The predicted molar refractivity (Wildman–Crippen MR) is 202 cm³/mol. The van der Waals surface area contributed by atoms with Crippen molar-refractivity contribution in [1.82, 2.24) is 24.7 Å². The summed E-state index contributed by atoms with van der Waals surface area (Å²) < 4.78 is 33.9. The number of halogens is 2. The summed E-state index contributed by atoms with van der Waals surface area (Å²) in [6, 6.07) is 39.5. The van der Waals surface area contributed by atoms with Crippen molar-refractivity contribution in [2.75, 3.05) is 5.32 Å². The van der Waals surface area contributed by atoms with Crippen LogP contribution in [0.15, 0.2) is 134 Å². The number of aliphatic carboxylic acids is 1. The molecule has 3 heterocycles. The van der Waals surface area contributed by atoms with Crippen molar-refractivity contribution < 1.29 is 18.7 Å². The number of nitrogens with one attached hydrogen (secondary N) is 1. The molecule has 3 aromatic heterocycles. The average Bonchev–Trinajstić information content (AvgIpc) is 3.59. The molecule has 10 rings (SSSR count). The van der Waals surface area contributed by atoms with Crippen molar-refractivity contribution in [3.05, 3.63) is 162 Å². The van der Waals surface area contributed by atoms with Crippen molar-refractivity contribution in [2.45, 2.75) is 37.3 Å². The van der Waals surface area contributed by atoms with E-state index in [9.17, 15) is 9.90 Å². The van der Waals surface area contributed by atoms with Crippen molar-refractivity contribution in [1.29, 1.82) is 0 Å². The molecule has 3 aliphatic carbocycles. The quantitative estimate of drug-likeness (QED) is 0.144. The highest BCUT2D eigenvalue weighted by atomic mass is 19.1. The number of fused-ring (bicyclic) bond motifs is 4. The molecule has 4 aromatic carbocycles. The molecule has 2 atom stereocenters. The van der Waals surface area contributed by atoms with Crippen molar-refractivity contribution in [2.24, 2.45) is 17.8 Å². The van der Waals surface area contributed by atoms with Gasteiger partial charge in [0.05, 0.1) is 17.5 Å². The fourth-order valence-electron chi connectivity index (χ4n) is 8.89. The van der Waals surface area contributed by atoms with Gasteiger partial charge in [0.2, 0.25) is 0 Å². The van der Waals surface area contributed by atoms with Gasteiger partial charge in [-0.25, -0.2) is 28.4 Å². The molecule has 0 amide bonds. The molecule has 8 nitrogen and oxygen atoms in total. The van der Waals surface area contributed by atoms with Crippen LogP contribution in [0.25, 0.3) is 33.8 Å². The van der Waals surface area contributed by atoms with Crippen LogP contribution in [-0.4, -0.2) is 41.9 Å². The fourth-order valence-corrected chi connectivity index (χ4v) is 8.89. The van der Waals surface area contributed by atoms with Crippen LogP contribution in [0.1, 0.15) is 42.4 Å². The number of pyridine rings is 1. The topological polar surface area (TPSA) is 106 Å². The summed E-state index contributed by atoms with van der Waals surface area (Å²) in [6.07, 6.45) is 4.55. The van der Waals surface area contributed by atoms with E-state index < -0.39 is 35.1 Å². The summed E-state index contributed by atoms with van der Waals surface area (Å²) >= 11 is 0. The molecule has 3 aliphatic rings. The van der Waals surface area contributed by atoms with Gasteiger partial charge in [0.1, 0.15) is 22.7 Å². The number of hydrogen-bond acceptors (Lipinski definition) is 6. The van der Waals surface area contributed by atoms with Crippen LogP contribution in [0.5, 0.6) is 0 Å². The van der Waals surface area contributed by atoms with E-state index in [4.69, 9.17) is 15.1 Å². The van der Waals surface area contributed by atoms with Gasteiger partial charge in [0, 0.05) is 11.6 Å². The smallest absolute Gasteiger partial charge is 0.308 e. The summed E-state index contributed by atoms with van der Waals surface area (Å²) in [6.45, 7) is 0. The predicted octanol–water partition coefficient (Wildman–Crippen LogP) is 8.98. The highest BCUT2D eigenvalue weighted by Crippen LogP contribution is 2.47. The second-order valence-electron chi connectivity index (χ2n) is 14.2. The molecule has 7 aromatic rings. The third-order valence-corrected chi connectivity index (χ3v) is 11.3. The zero-order chi connectivity index (χ0) is 36.8. The number of rotatable bonds is 9. The lowest BCUT2D eigenvalue weighted by Crippen LogP contribution is -2.51. The Morgan fingerprint density at radius 2 is 1.26 bits per heavy atom. The van der Waals surface area contributed by atoms with E-state index in [1.54, 1.807) is 28.9 Å². The summed E-state index contributed by atoms with van der Waals surface area (Å²) in [7, 11) is 0. The van der Waals surface area contributed by atoms with E-state index in [1.165, 1.54) is 6.07 Å². The number of anilines is 1. The maximum atomic E-state index is 16.8. The van der Waals surface area contributed by atoms with Crippen molar-refractivity contribution >= 4 is 22.8 Å². The zero-order valence-electron chi connectivity index (χ0n) is 29.2. The van der Waals surface area contributed by atoms with Gasteiger partial charge >= 0.3 is 5.97 Å². The Bertz CT molecular complexity index is 2360. The molecule has 0 spiro atoms. The highest BCUT2D eigenvalue weighted by Gasteiger charge is 2.48. The summed E-state index contributed by atoms with van der Waals surface area (Å²) in [4.78, 5) is 26.8. The van der Waals surface area contributed by atoms with E-state index in [0.717, 1.165) is 48.6 Å². The molecule has 54 heavy (non-hydrogen) atoms. The van der Waals surface area contributed by atoms with E-state index in [-0.39, 0.29) is 34.9 Å². The zero-order valence-corrected chi connectivity index (χ0v) is 29.2. The first kappa shape index (κ1) is 33.5. The van der Waals surface area contributed by atoms with Gasteiger partial charge in [0.25, 0.3) is 0 Å². The van der Waals surface area contributed by atoms with Crippen LogP contribution in [0.3, 0.4) is 0 Å². The van der Waals surface area contributed by atoms with Gasteiger partial charge in [0.15, 0.2) is 23.1 Å². The largest absolute Gasteiger partial charge is 0.481 e. The number of carboxylic acid groups (broad SMARTS) is 1. The van der Waals surface area contributed by atoms with E-state index in [2.05, 4.69) is 10.3 Å². The van der Waals surface area contributed by atoms with Crippen LogP contribution >= 0.6 is 0 Å². The van der Waals surface area contributed by atoms with Crippen LogP contribution in [0.2, 0.25) is 0 Å². The second-order valence-corrected chi connectivity index (χ2v) is 14.2. The van der Waals surface area contributed by atoms with Gasteiger partial charge in [-0.3, -0.25) is 4.79 Å². The molecule has 3 fully saturated rings. The maximum absolute atomic E-state index is 16.8. The highest BCUT2D eigenvalue weighted by molar-refractivity contribution is 5.90. The van der Waals surface area contributed by atoms with Crippen LogP contribution < -0.4 is 5.32 Å². The van der Waals surface area contributed by atoms with E-state index in [1.807, 2.05) is 97.1 Å². The van der Waals surface area contributed by atoms with Crippen molar-refractivity contribution in [3.63, 3.8) is 0 Å². The summed E-state index contributed by atoms with van der Waals surface area (Å²) in [5.41, 5.74) is 2.61. The fraction of sp³-hybridized carbons (Fsp3) is 0.205. The lowest BCUT2D eigenvalue weighted by atomic mass is 9.61. The Labute approximate surface area is 310 Å². The Balaban J connectivity index is 1.32. The Hall–Kier alpha value is -6.29. The number of carbonyl (C=O) groups is 1. The number of hydrogen-bond donors (Lipinski definition) is 2. The minimum atomic E-state index is -1.11. The monoisotopic (exact) mass is 718 g/mol. The number of benzene rings is 4. The number of nitrogens with zero attached hydrogens (tertiary/aromatic N) is 5. The number of carboxylic acids is 1. The molecule has 0 aliphatic heterocycles. The Kier molecular flexibility index (Phi) is 8.45. The van der Waals surface area contributed by atoms with Gasteiger partial charge < -0.3 is 10.4 Å². The standard InChI is InChI=1S/C44H36F2N6O2/c45-33-25-34-39(41-49-38(28-13-5-1-6-14-28)36(46)40(50-41)48-37-29-23-21-27(22-24-29)35(37)43(53)54)51-52(42(34)47-26-33)44(30-15-7-2-8-16-30,31-17-9-3-10-18-31)32-19-11-4-12-20-32/h1-20,25-27,29,35,37H,21-24H2,(H,53,54)(H,48,49,50). The first-order valence-electron chi connectivity index (χ1n) is 18.3.